The summed E-state index contributed by atoms with van der Waals surface area (Å²) in [5.74, 6) is -1.06. The molecule has 27 heavy (non-hydrogen) atoms. The lowest BCUT2D eigenvalue weighted by molar-refractivity contribution is -0.192. The number of benzene rings is 1. The number of methoxy groups -OCH3 is 1. The van der Waals surface area contributed by atoms with Crippen LogP contribution in [0.5, 0.6) is 5.75 Å². The molecule has 1 heterocycles. The van der Waals surface area contributed by atoms with Gasteiger partial charge in [0.1, 0.15) is 5.75 Å². The zero-order valence-corrected chi connectivity index (χ0v) is 14.9. The van der Waals surface area contributed by atoms with Crippen LogP contribution in [0.2, 0.25) is 0 Å². The summed E-state index contributed by atoms with van der Waals surface area (Å²) in [6.45, 7) is 1.47. The summed E-state index contributed by atoms with van der Waals surface area (Å²) in [4.78, 5) is 20.9. The smallest absolute Gasteiger partial charge is 0.490 e. The summed E-state index contributed by atoms with van der Waals surface area (Å²) in [6, 6.07) is 6.34. The lowest BCUT2D eigenvalue weighted by Crippen LogP contribution is -2.40. The van der Waals surface area contributed by atoms with Gasteiger partial charge in [0.05, 0.1) is 13.2 Å². The molecular weight excluding hydrogens is 365 g/mol. The number of hydrogen-bond donors (Lipinski definition) is 3. The van der Waals surface area contributed by atoms with Crippen molar-refractivity contribution < 1.29 is 32.6 Å². The van der Waals surface area contributed by atoms with Gasteiger partial charge in [0, 0.05) is 12.1 Å². The molecule has 1 unspecified atom stereocenters. The van der Waals surface area contributed by atoms with Crippen molar-refractivity contribution in [3.8, 4) is 5.75 Å². The largest absolute Gasteiger partial charge is 0.496 e. The molecule has 0 spiro atoms. The Morgan fingerprint density at radius 2 is 1.96 bits per heavy atom. The predicted molar refractivity (Wildman–Crippen MR) is 91.5 cm³/mol. The zero-order chi connectivity index (χ0) is 20.0. The molecule has 2 aliphatic rings. The molecule has 0 aromatic heterocycles. The van der Waals surface area contributed by atoms with Crippen LogP contribution in [0.3, 0.4) is 0 Å². The van der Waals surface area contributed by atoms with E-state index in [2.05, 4.69) is 28.8 Å². The fraction of sp³-hybridized carbons (Fsp3) is 0.556. The molecule has 1 aliphatic heterocycles. The third kappa shape index (κ3) is 6.42. The van der Waals surface area contributed by atoms with Gasteiger partial charge in [0.15, 0.2) is 0 Å². The molecule has 1 aromatic carbocycles. The number of aliphatic carboxylic acids is 1. The topological polar surface area (TPSA) is 87.7 Å². The SMILES string of the molecule is COc1cc(C2CC2)ccc1CNC(=O)C1CCCN1.O=C(O)C(F)(F)F. The first-order chi connectivity index (χ1) is 12.7. The molecule has 3 rings (SSSR count). The standard InChI is InChI=1S/C16H22N2O2.C2HF3O2/c1-20-15-9-12(11-4-5-11)6-7-13(15)10-18-16(19)14-3-2-8-17-14;3-2(4,5)1(6)7/h6-7,9,11,14,17H,2-5,8,10H2,1H3,(H,18,19);(H,6,7). The van der Waals surface area contributed by atoms with Gasteiger partial charge in [0.2, 0.25) is 5.91 Å². The first kappa shape index (κ1) is 21.0. The van der Waals surface area contributed by atoms with E-state index in [9.17, 15) is 18.0 Å². The van der Waals surface area contributed by atoms with Gasteiger partial charge in [-0.3, -0.25) is 4.79 Å². The highest BCUT2D eigenvalue weighted by Crippen LogP contribution is 2.41. The maximum atomic E-state index is 12.0. The van der Waals surface area contributed by atoms with E-state index < -0.39 is 12.1 Å². The Morgan fingerprint density at radius 3 is 2.44 bits per heavy atom. The second-order valence-corrected chi connectivity index (χ2v) is 6.52. The second-order valence-electron chi connectivity index (χ2n) is 6.52. The van der Waals surface area contributed by atoms with Crippen LogP contribution in [-0.2, 0) is 16.1 Å². The Morgan fingerprint density at radius 1 is 1.30 bits per heavy atom. The number of rotatable bonds is 5. The molecule has 0 bridgehead atoms. The predicted octanol–water partition coefficient (Wildman–Crippen LogP) is 2.57. The van der Waals surface area contributed by atoms with Crippen LogP contribution < -0.4 is 15.4 Å². The van der Waals surface area contributed by atoms with Gasteiger partial charge in [-0.2, -0.15) is 13.2 Å². The van der Waals surface area contributed by atoms with Gasteiger partial charge in [-0.1, -0.05) is 12.1 Å². The first-order valence-corrected chi connectivity index (χ1v) is 8.70. The summed E-state index contributed by atoms with van der Waals surface area (Å²) in [7, 11) is 1.69. The van der Waals surface area contributed by atoms with Gasteiger partial charge in [-0.05, 0) is 49.8 Å². The molecule has 1 amide bonds. The van der Waals surface area contributed by atoms with Crippen molar-refractivity contribution >= 4 is 11.9 Å². The quantitative estimate of drug-likeness (QED) is 0.722. The molecule has 2 fully saturated rings. The summed E-state index contributed by atoms with van der Waals surface area (Å²) in [5, 5.41) is 13.3. The number of carboxylic acids is 1. The third-order valence-corrected chi connectivity index (χ3v) is 4.43. The van der Waals surface area contributed by atoms with Crippen LogP contribution >= 0.6 is 0 Å². The van der Waals surface area contributed by atoms with Crippen LogP contribution in [0.25, 0.3) is 0 Å². The van der Waals surface area contributed by atoms with Crippen molar-refractivity contribution in [3.05, 3.63) is 29.3 Å². The third-order valence-electron chi connectivity index (χ3n) is 4.43. The first-order valence-electron chi connectivity index (χ1n) is 8.70. The van der Waals surface area contributed by atoms with E-state index in [0.717, 1.165) is 36.6 Å². The minimum atomic E-state index is -5.08. The zero-order valence-electron chi connectivity index (χ0n) is 14.9. The highest BCUT2D eigenvalue weighted by molar-refractivity contribution is 5.82. The Balaban J connectivity index is 0.000000321. The summed E-state index contributed by atoms with van der Waals surface area (Å²) in [6.07, 6.45) is -0.500. The van der Waals surface area contributed by atoms with Crippen LogP contribution in [-0.4, -0.2) is 42.9 Å². The molecule has 1 aliphatic carbocycles. The number of carboxylic acid groups (broad SMARTS) is 1. The van der Waals surface area contributed by atoms with E-state index in [4.69, 9.17) is 14.6 Å². The molecule has 150 valence electrons. The number of carbonyl (C=O) groups is 2. The monoisotopic (exact) mass is 388 g/mol. The Kier molecular flexibility index (Phi) is 7.06. The van der Waals surface area contributed by atoms with Crippen molar-refractivity contribution in [3.63, 3.8) is 0 Å². The Bertz CT molecular complexity index is 669. The van der Waals surface area contributed by atoms with Gasteiger partial charge in [0.25, 0.3) is 0 Å². The molecule has 3 N–H and O–H groups in total. The number of ether oxygens (including phenoxy) is 1. The van der Waals surface area contributed by atoms with Crippen LogP contribution in [0, 0.1) is 0 Å². The van der Waals surface area contributed by atoms with Crippen molar-refractivity contribution in [2.75, 3.05) is 13.7 Å². The number of carbonyl (C=O) groups excluding carboxylic acids is 1. The molecule has 1 saturated carbocycles. The van der Waals surface area contributed by atoms with E-state index in [1.807, 2.05) is 0 Å². The lowest BCUT2D eigenvalue weighted by atomic mass is 10.1. The molecular formula is C18H23F3N2O4. The maximum Gasteiger partial charge on any atom is 0.490 e. The number of hydrogen-bond acceptors (Lipinski definition) is 4. The molecule has 6 nitrogen and oxygen atoms in total. The Hall–Kier alpha value is -2.29. The van der Waals surface area contributed by atoms with Crippen LogP contribution in [0.4, 0.5) is 13.2 Å². The van der Waals surface area contributed by atoms with Gasteiger partial charge in [-0.25, -0.2) is 4.79 Å². The van der Waals surface area contributed by atoms with E-state index in [-0.39, 0.29) is 11.9 Å². The number of halogens is 3. The van der Waals surface area contributed by atoms with E-state index in [0.29, 0.717) is 6.54 Å². The van der Waals surface area contributed by atoms with Crippen LogP contribution in [0.15, 0.2) is 18.2 Å². The normalized spacial score (nSPS) is 19.0. The number of alkyl halides is 3. The fourth-order valence-electron chi connectivity index (χ4n) is 2.79. The van der Waals surface area contributed by atoms with Crippen molar-refractivity contribution in [2.24, 2.45) is 0 Å². The second kappa shape index (κ2) is 9.07. The van der Waals surface area contributed by atoms with Crippen molar-refractivity contribution in [2.45, 2.75) is 50.4 Å². The van der Waals surface area contributed by atoms with Crippen molar-refractivity contribution in [1.29, 1.82) is 0 Å². The van der Waals surface area contributed by atoms with Crippen LogP contribution in [0.1, 0.15) is 42.7 Å². The lowest BCUT2D eigenvalue weighted by Gasteiger charge is -2.14. The molecule has 1 atom stereocenters. The molecule has 1 aromatic rings. The van der Waals surface area contributed by atoms with Gasteiger partial charge < -0.3 is 20.5 Å². The summed E-state index contributed by atoms with van der Waals surface area (Å²) in [5.41, 5.74) is 2.40. The highest BCUT2D eigenvalue weighted by Gasteiger charge is 2.38. The number of nitrogens with one attached hydrogen (secondary N) is 2. The summed E-state index contributed by atoms with van der Waals surface area (Å²) < 4.78 is 37.2. The van der Waals surface area contributed by atoms with Gasteiger partial charge in [-0.15, -0.1) is 0 Å². The average molecular weight is 388 g/mol. The van der Waals surface area contributed by atoms with E-state index in [1.54, 1.807) is 7.11 Å². The molecule has 0 radical (unpaired) electrons. The molecule has 1 saturated heterocycles. The highest BCUT2D eigenvalue weighted by atomic mass is 19.4. The average Bonchev–Trinajstić information content (AvgIpc) is 3.33. The van der Waals surface area contributed by atoms with E-state index >= 15 is 0 Å². The maximum absolute atomic E-state index is 12.0. The minimum Gasteiger partial charge on any atom is -0.496 e. The molecule has 9 heteroatoms. The fourth-order valence-corrected chi connectivity index (χ4v) is 2.79. The van der Waals surface area contributed by atoms with Crippen molar-refractivity contribution in [1.82, 2.24) is 10.6 Å². The minimum absolute atomic E-state index is 0.0215. The summed E-state index contributed by atoms with van der Waals surface area (Å²) >= 11 is 0. The van der Waals surface area contributed by atoms with E-state index in [1.165, 1.54) is 18.4 Å². The Labute approximate surface area is 155 Å². The number of amides is 1. The van der Waals surface area contributed by atoms with Gasteiger partial charge >= 0.3 is 12.1 Å².